The maximum absolute atomic E-state index is 10.7. The number of rotatable bonds is 4. The van der Waals surface area contributed by atoms with Crippen molar-refractivity contribution in [3.63, 3.8) is 0 Å². The summed E-state index contributed by atoms with van der Waals surface area (Å²) in [7, 11) is 1.65. The fourth-order valence-corrected chi connectivity index (χ4v) is 2.01. The lowest BCUT2D eigenvalue weighted by atomic mass is 10.4. The molecule has 0 aliphatic heterocycles. The third-order valence-corrected chi connectivity index (χ3v) is 2.77. The molecular formula is C7H11N3O3S. The summed E-state index contributed by atoms with van der Waals surface area (Å²) in [6, 6.07) is 0. The molecule has 0 aliphatic carbocycles. The summed E-state index contributed by atoms with van der Waals surface area (Å²) in [5, 5.41) is 23.8. The van der Waals surface area contributed by atoms with Gasteiger partial charge in [0, 0.05) is 12.8 Å². The van der Waals surface area contributed by atoms with E-state index in [2.05, 4.69) is 5.10 Å². The molecule has 78 valence electrons. The van der Waals surface area contributed by atoms with Crippen LogP contribution in [0.5, 0.6) is 0 Å². The van der Waals surface area contributed by atoms with Gasteiger partial charge < -0.3 is 5.11 Å². The fourth-order valence-electron chi connectivity index (χ4n) is 1.14. The van der Waals surface area contributed by atoms with E-state index in [0.29, 0.717) is 16.5 Å². The van der Waals surface area contributed by atoms with E-state index < -0.39 is 4.92 Å². The van der Waals surface area contributed by atoms with Crippen molar-refractivity contribution in [3.8, 4) is 0 Å². The Bertz CT molecular complexity index is 350. The molecule has 0 amide bonds. The van der Waals surface area contributed by atoms with Gasteiger partial charge in [-0.15, -0.1) is 0 Å². The number of hydrogen-bond donors (Lipinski definition) is 1. The van der Waals surface area contributed by atoms with Crippen molar-refractivity contribution in [1.82, 2.24) is 9.78 Å². The Morgan fingerprint density at radius 1 is 1.71 bits per heavy atom. The first-order valence-corrected chi connectivity index (χ1v) is 4.98. The standard InChI is InChI=1S/C7H11N3O3S/c1-5-6(10(12)13)7(9(2)8-5)14-4-3-11/h11H,3-4H2,1-2H3. The van der Waals surface area contributed by atoms with Crippen LogP contribution in [0.4, 0.5) is 5.69 Å². The Balaban J connectivity index is 3.05. The molecule has 1 aromatic rings. The number of thioether (sulfide) groups is 1. The van der Waals surface area contributed by atoms with Crippen molar-refractivity contribution in [2.45, 2.75) is 11.9 Å². The molecule has 0 radical (unpaired) electrons. The lowest BCUT2D eigenvalue weighted by Gasteiger charge is -1.98. The number of nitrogens with zero attached hydrogens (tertiary/aromatic N) is 3. The average molecular weight is 217 g/mol. The van der Waals surface area contributed by atoms with Crippen LogP contribution >= 0.6 is 11.8 Å². The molecule has 14 heavy (non-hydrogen) atoms. The van der Waals surface area contributed by atoms with E-state index in [9.17, 15) is 10.1 Å². The molecule has 6 nitrogen and oxygen atoms in total. The molecule has 1 aromatic heterocycles. The zero-order chi connectivity index (χ0) is 10.7. The molecule has 0 unspecified atom stereocenters. The lowest BCUT2D eigenvalue weighted by molar-refractivity contribution is -0.388. The highest BCUT2D eigenvalue weighted by Crippen LogP contribution is 2.30. The highest BCUT2D eigenvalue weighted by atomic mass is 32.2. The Hall–Kier alpha value is -1.08. The summed E-state index contributed by atoms with van der Waals surface area (Å²) in [6.07, 6.45) is 0. The molecular weight excluding hydrogens is 206 g/mol. The van der Waals surface area contributed by atoms with E-state index >= 15 is 0 Å². The number of nitro groups is 1. The van der Waals surface area contributed by atoms with E-state index in [-0.39, 0.29) is 12.3 Å². The van der Waals surface area contributed by atoms with Crippen molar-refractivity contribution >= 4 is 17.4 Å². The molecule has 0 saturated heterocycles. The van der Waals surface area contributed by atoms with Gasteiger partial charge in [-0.3, -0.25) is 14.8 Å². The lowest BCUT2D eigenvalue weighted by Crippen LogP contribution is -1.96. The molecule has 0 atom stereocenters. The normalized spacial score (nSPS) is 10.5. The Labute approximate surface area is 85.1 Å². The molecule has 7 heteroatoms. The summed E-state index contributed by atoms with van der Waals surface area (Å²) in [4.78, 5) is 10.3. The van der Waals surface area contributed by atoms with Crippen LogP contribution < -0.4 is 0 Å². The average Bonchev–Trinajstić information content (AvgIpc) is 2.37. The Morgan fingerprint density at radius 2 is 2.36 bits per heavy atom. The van der Waals surface area contributed by atoms with E-state index in [1.807, 2.05) is 0 Å². The number of aliphatic hydroxyl groups excluding tert-OH is 1. The predicted molar refractivity (Wildman–Crippen MR) is 52.4 cm³/mol. The quantitative estimate of drug-likeness (QED) is 0.456. The SMILES string of the molecule is Cc1nn(C)c(SCCO)c1[N+](=O)[O-]. The maximum Gasteiger partial charge on any atom is 0.323 e. The van der Waals surface area contributed by atoms with Crippen LogP contribution in [0, 0.1) is 17.0 Å². The van der Waals surface area contributed by atoms with Crippen molar-refractivity contribution < 1.29 is 10.0 Å². The second-order valence-corrected chi connectivity index (χ2v) is 3.78. The van der Waals surface area contributed by atoms with Gasteiger partial charge in [-0.05, 0) is 6.92 Å². The van der Waals surface area contributed by atoms with Gasteiger partial charge in [-0.1, -0.05) is 11.8 Å². The first kappa shape index (κ1) is 11.0. The summed E-state index contributed by atoms with van der Waals surface area (Å²) < 4.78 is 1.47. The monoisotopic (exact) mass is 217 g/mol. The van der Waals surface area contributed by atoms with Crippen LogP contribution in [-0.4, -0.2) is 32.2 Å². The number of aryl methyl sites for hydroxylation is 2. The zero-order valence-electron chi connectivity index (χ0n) is 7.93. The Kier molecular flexibility index (Phi) is 3.48. The van der Waals surface area contributed by atoms with E-state index in [0.717, 1.165) is 0 Å². The van der Waals surface area contributed by atoms with Gasteiger partial charge in [0.25, 0.3) is 0 Å². The summed E-state index contributed by atoms with van der Waals surface area (Å²) in [5.74, 6) is 0.430. The van der Waals surface area contributed by atoms with Crippen molar-refractivity contribution in [2.24, 2.45) is 7.05 Å². The minimum atomic E-state index is -0.442. The van der Waals surface area contributed by atoms with Crippen LogP contribution in [0.2, 0.25) is 0 Å². The minimum Gasteiger partial charge on any atom is -0.396 e. The molecule has 0 aliphatic rings. The topological polar surface area (TPSA) is 81.2 Å². The maximum atomic E-state index is 10.7. The Morgan fingerprint density at radius 3 is 2.86 bits per heavy atom. The van der Waals surface area contributed by atoms with Crippen LogP contribution in [0.25, 0.3) is 0 Å². The smallest absolute Gasteiger partial charge is 0.323 e. The van der Waals surface area contributed by atoms with Crippen molar-refractivity contribution in [3.05, 3.63) is 15.8 Å². The van der Waals surface area contributed by atoms with E-state index in [1.165, 1.54) is 16.4 Å². The summed E-state index contributed by atoms with van der Waals surface area (Å²) >= 11 is 1.23. The molecule has 0 fully saturated rings. The van der Waals surface area contributed by atoms with E-state index in [1.54, 1.807) is 14.0 Å². The van der Waals surface area contributed by atoms with Crippen LogP contribution in [0.3, 0.4) is 0 Å². The first-order chi connectivity index (χ1) is 6.57. The number of aliphatic hydroxyl groups is 1. The second kappa shape index (κ2) is 4.43. The molecule has 1 N–H and O–H groups in total. The molecule has 0 bridgehead atoms. The van der Waals surface area contributed by atoms with Gasteiger partial charge in [-0.2, -0.15) is 5.10 Å². The first-order valence-electron chi connectivity index (χ1n) is 3.99. The number of hydrogen-bond acceptors (Lipinski definition) is 5. The number of aromatic nitrogens is 2. The van der Waals surface area contributed by atoms with Crippen molar-refractivity contribution in [2.75, 3.05) is 12.4 Å². The van der Waals surface area contributed by atoms with Crippen LogP contribution in [0.15, 0.2) is 5.03 Å². The summed E-state index contributed by atoms with van der Waals surface area (Å²) in [5.41, 5.74) is 0.434. The van der Waals surface area contributed by atoms with Crippen LogP contribution in [0.1, 0.15) is 5.69 Å². The largest absolute Gasteiger partial charge is 0.396 e. The van der Waals surface area contributed by atoms with E-state index in [4.69, 9.17) is 5.11 Å². The third kappa shape index (κ3) is 2.05. The van der Waals surface area contributed by atoms with Gasteiger partial charge in [-0.25, -0.2) is 0 Å². The zero-order valence-corrected chi connectivity index (χ0v) is 8.74. The molecule has 1 heterocycles. The van der Waals surface area contributed by atoms with Gasteiger partial charge in [0.1, 0.15) is 5.69 Å². The van der Waals surface area contributed by atoms with Gasteiger partial charge in [0.15, 0.2) is 5.03 Å². The van der Waals surface area contributed by atoms with Crippen LogP contribution in [-0.2, 0) is 7.05 Å². The molecule has 0 saturated carbocycles. The highest BCUT2D eigenvalue weighted by molar-refractivity contribution is 7.99. The summed E-state index contributed by atoms with van der Waals surface area (Å²) in [6.45, 7) is 1.59. The molecule has 0 spiro atoms. The highest BCUT2D eigenvalue weighted by Gasteiger charge is 2.23. The molecule has 1 rings (SSSR count). The molecule has 0 aromatic carbocycles. The fraction of sp³-hybridized carbons (Fsp3) is 0.571. The van der Waals surface area contributed by atoms with Crippen molar-refractivity contribution in [1.29, 1.82) is 0 Å². The van der Waals surface area contributed by atoms with Gasteiger partial charge in [0.2, 0.25) is 0 Å². The second-order valence-electron chi connectivity index (χ2n) is 2.69. The predicted octanol–water partition coefficient (Wildman–Crippen LogP) is 0.721. The third-order valence-electron chi connectivity index (χ3n) is 1.65. The van der Waals surface area contributed by atoms with Gasteiger partial charge >= 0.3 is 5.69 Å². The minimum absolute atomic E-state index is 0.00789. The van der Waals surface area contributed by atoms with Gasteiger partial charge in [0.05, 0.1) is 11.5 Å².